The Morgan fingerprint density at radius 2 is 2.13 bits per heavy atom. The Bertz CT molecular complexity index is 460. The van der Waals surface area contributed by atoms with Crippen molar-refractivity contribution in [2.24, 2.45) is 0 Å². The molecule has 2 heterocycles. The van der Waals surface area contributed by atoms with Gasteiger partial charge in [-0.3, -0.25) is 0 Å². The molecule has 0 radical (unpaired) electrons. The van der Waals surface area contributed by atoms with Gasteiger partial charge in [-0.05, 0) is 29.9 Å². The Labute approximate surface area is 94.0 Å². The average molecular weight is 218 g/mol. The Morgan fingerprint density at radius 1 is 1.33 bits per heavy atom. The van der Waals surface area contributed by atoms with Gasteiger partial charge in [0.25, 0.3) is 0 Å². The van der Waals surface area contributed by atoms with Crippen LogP contribution in [0.25, 0.3) is 11.1 Å². The zero-order chi connectivity index (χ0) is 10.8. The Kier molecular flexibility index (Phi) is 2.82. The first-order chi connectivity index (χ1) is 7.18. The van der Waals surface area contributed by atoms with Gasteiger partial charge in [0.2, 0.25) is 0 Å². The minimum atomic E-state index is 0.591. The molecule has 2 aromatic rings. The SMILES string of the molecule is Cc1ncncc1-c1csc(C(C)C)c1. The average Bonchev–Trinajstić information content (AvgIpc) is 2.67. The summed E-state index contributed by atoms with van der Waals surface area (Å²) in [5, 5.41) is 2.18. The van der Waals surface area contributed by atoms with Crippen molar-refractivity contribution in [3.05, 3.63) is 34.5 Å². The zero-order valence-electron chi connectivity index (χ0n) is 9.19. The van der Waals surface area contributed by atoms with Crippen LogP contribution in [0.15, 0.2) is 24.0 Å². The van der Waals surface area contributed by atoms with E-state index < -0.39 is 0 Å². The molecular formula is C12H14N2S. The second kappa shape index (κ2) is 4.11. The van der Waals surface area contributed by atoms with Crippen LogP contribution >= 0.6 is 11.3 Å². The van der Waals surface area contributed by atoms with Crippen LogP contribution in [0.2, 0.25) is 0 Å². The van der Waals surface area contributed by atoms with Crippen molar-refractivity contribution in [2.45, 2.75) is 26.7 Å². The zero-order valence-corrected chi connectivity index (χ0v) is 10.0. The third-order valence-electron chi connectivity index (χ3n) is 2.41. The van der Waals surface area contributed by atoms with E-state index in [1.165, 1.54) is 10.4 Å². The van der Waals surface area contributed by atoms with Gasteiger partial charge in [0.05, 0.1) is 0 Å². The van der Waals surface area contributed by atoms with E-state index >= 15 is 0 Å². The van der Waals surface area contributed by atoms with Crippen molar-refractivity contribution in [1.29, 1.82) is 0 Å². The molecule has 0 atom stereocenters. The first-order valence-electron chi connectivity index (χ1n) is 5.04. The van der Waals surface area contributed by atoms with Gasteiger partial charge in [0, 0.05) is 22.3 Å². The molecule has 0 amide bonds. The molecule has 2 aromatic heterocycles. The molecule has 0 aliphatic rings. The molecule has 78 valence electrons. The van der Waals surface area contributed by atoms with Crippen LogP contribution in [-0.4, -0.2) is 9.97 Å². The molecule has 0 saturated heterocycles. The highest BCUT2D eigenvalue weighted by atomic mass is 32.1. The molecule has 0 fully saturated rings. The highest BCUT2D eigenvalue weighted by molar-refractivity contribution is 7.10. The molecule has 0 spiro atoms. The molecule has 15 heavy (non-hydrogen) atoms. The summed E-state index contributed by atoms with van der Waals surface area (Å²) in [6.07, 6.45) is 3.48. The summed E-state index contributed by atoms with van der Waals surface area (Å²) < 4.78 is 0. The normalized spacial score (nSPS) is 10.9. The third-order valence-corrected chi connectivity index (χ3v) is 3.64. The van der Waals surface area contributed by atoms with E-state index in [0.717, 1.165) is 11.3 Å². The van der Waals surface area contributed by atoms with Gasteiger partial charge in [0.15, 0.2) is 0 Å². The number of hydrogen-bond acceptors (Lipinski definition) is 3. The maximum Gasteiger partial charge on any atom is 0.115 e. The summed E-state index contributed by atoms with van der Waals surface area (Å²) in [5.74, 6) is 0.591. The summed E-state index contributed by atoms with van der Waals surface area (Å²) in [5.41, 5.74) is 3.42. The molecule has 0 unspecified atom stereocenters. The first-order valence-corrected chi connectivity index (χ1v) is 5.92. The Hall–Kier alpha value is -1.22. The van der Waals surface area contributed by atoms with Gasteiger partial charge in [-0.1, -0.05) is 13.8 Å². The van der Waals surface area contributed by atoms with Crippen LogP contribution < -0.4 is 0 Å². The minimum absolute atomic E-state index is 0.591. The van der Waals surface area contributed by atoms with E-state index in [1.54, 1.807) is 17.7 Å². The third kappa shape index (κ3) is 2.07. The van der Waals surface area contributed by atoms with Gasteiger partial charge < -0.3 is 0 Å². The van der Waals surface area contributed by atoms with Crippen LogP contribution in [0.1, 0.15) is 30.3 Å². The standard InChI is InChI=1S/C12H14N2S/c1-8(2)12-4-10(6-15-12)11-5-13-7-14-9(11)3/h4-8H,1-3H3. The molecular weight excluding hydrogens is 204 g/mol. The fraction of sp³-hybridized carbons (Fsp3) is 0.333. The second-order valence-electron chi connectivity index (χ2n) is 3.91. The van der Waals surface area contributed by atoms with E-state index in [1.807, 2.05) is 13.1 Å². The molecule has 3 heteroatoms. The monoisotopic (exact) mass is 218 g/mol. The van der Waals surface area contributed by atoms with Crippen molar-refractivity contribution >= 4 is 11.3 Å². The minimum Gasteiger partial charge on any atom is -0.244 e. The van der Waals surface area contributed by atoms with Crippen LogP contribution in [0, 0.1) is 6.92 Å². The van der Waals surface area contributed by atoms with E-state index in [4.69, 9.17) is 0 Å². The van der Waals surface area contributed by atoms with Crippen molar-refractivity contribution in [2.75, 3.05) is 0 Å². The quantitative estimate of drug-likeness (QED) is 0.769. The van der Waals surface area contributed by atoms with Crippen LogP contribution in [0.3, 0.4) is 0 Å². The number of thiophene rings is 1. The molecule has 2 rings (SSSR count). The van der Waals surface area contributed by atoms with Gasteiger partial charge >= 0.3 is 0 Å². The number of nitrogens with zero attached hydrogens (tertiary/aromatic N) is 2. The topological polar surface area (TPSA) is 25.8 Å². The summed E-state index contributed by atoms with van der Waals surface area (Å²) in [6.45, 7) is 6.44. The van der Waals surface area contributed by atoms with Crippen LogP contribution in [0.5, 0.6) is 0 Å². The number of hydrogen-bond donors (Lipinski definition) is 0. The van der Waals surface area contributed by atoms with Gasteiger partial charge in [-0.2, -0.15) is 0 Å². The molecule has 2 nitrogen and oxygen atoms in total. The number of rotatable bonds is 2. The first kappa shape index (κ1) is 10.3. The largest absolute Gasteiger partial charge is 0.244 e. The molecule has 0 aliphatic carbocycles. The lowest BCUT2D eigenvalue weighted by Crippen LogP contribution is -1.87. The van der Waals surface area contributed by atoms with Crippen LogP contribution in [0.4, 0.5) is 0 Å². The predicted octanol–water partition coefficient (Wildman–Crippen LogP) is 3.64. The maximum absolute atomic E-state index is 4.20. The van der Waals surface area contributed by atoms with Gasteiger partial charge in [-0.15, -0.1) is 11.3 Å². The van der Waals surface area contributed by atoms with Gasteiger partial charge in [0.1, 0.15) is 6.33 Å². The number of aromatic nitrogens is 2. The lowest BCUT2D eigenvalue weighted by atomic mass is 10.1. The Morgan fingerprint density at radius 3 is 2.73 bits per heavy atom. The summed E-state index contributed by atoms with van der Waals surface area (Å²) in [4.78, 5) is 9.68. The Balaban J connectivity index is 2.42. The highest BCUT2D eigenvalue weighted by Crippen LogP contribution is 2.30. The summed E-state index contributed by atoms with van der Waals surface area (Å²) in [6, 6.07) is 2.24. The van der Waals surface area contributed by atoms with Crippen molar-refractivity contribution < 1.29 is 0 Å². The fourth-order valence-electron chi connectivity index (χ4n) is 1.47. The molecule has 0 saturated carbocycles. The smallest absolute Gasteiger partial charge is 0.115 e. The molecule has 0 aromatic carbocycles. The van der Waals surface area contributed by atoms with E-state index in [-0.39, 0.29) is 0 Å². The van der Waals surface area contributed by atoms with Crippen molar-refractivity contribution in [3.8, 4) is 11.1 Å². The maximum atomic E-state index is 4.20. The summed E-state index contributed by atoms with van der Waals surface area (Å²) >= 11 is 1.81. The van der Waals surface area contributed by atoms with E-state index in [9.17, 15) is 0 Å². The number of aryl methyl sites for hydroxylation is 1. The highest BCUT2D eigenvalue weighted by Gasteiger charge is 2.07. The lowest BCUT2D eigenvalue weighted by molar-refractivity contribution is 0.890. The second-order valence-corrected chi connectivity index (χ2v) is 4.86. The molecule has 0 aliphatic heterocycles. The van der Waals surface area contributed by atoms with E-state index in [2.05, 4.69) is 35.3 Å². The van der Waals surface area contributed by atoms with Crippen molar-refractivity contribution in [3.63, 3.8) is 0 Å². The predicted molar refractivity (Wildman–Crippen MR) is 64.2 cm³/mol. The summed E-state index contributed by atoms with van der Waals surface area (Å²) in [7, 11) is 0. The fourth-order valence-corrected chi connectivity index (χ4v) is 2.40. The molecule has 0 bridgehead atoms. The van der Waals surface area contributed by atoms with Crippen LogP contribution in [-0.2, 0) is 0 Å². The lowest BCUT2D eigenvalue weighted by Gasteiger charge is -2.00. The molecule has 0 N–H and O–H groups in total. The van der Waals surface area contributed by atoms with Gasteiger partial charge in [-0.25, -0.2) is 9.97 Å². The van der Waals surface area contributed by atoms with E-state index in [0.29, 0.717) is 5.92 Å². The van der Waals surface area contributed by atoms with Crippen molar-refractivity contribution in [1.82, 2.24) is 9.97 Å².